The van der Waals surface area contributed by atoms with Crippen LogP contribution in [0.25, 0.3) is 0 Å². The van der Waals surface area contributed by atoms with Crippen LogP contribution in [0.15, 0.2) is 42.7 Å². The highest BCUT2D eigenvalue weighted by Crippen LogP contribution is 2.12. The van der Waals surface area contributed by atoms with Gasteiger partial charge in [0.25, 0.3) is 0 Å². The van der Waals surface area contributed by atoms with Gasteiger partial charge in [-0.1, -0.05) is 37.3 Å². The Hall–Kier alpha value is -2.14. The summed E-state index contributed by atoms with van der Waals surface area (Å²) in [4.78, 5) is 12.0. The van der Waals surface area contributed by atoms with Gasteiger partial charge >= 0.3 is 0 Å². The number of rotatable bonds is 7. The van der Waals surface area contributed by atoms with Gasteiger partial charge in [-0.3, -0.25) is 9.48 Å². The van der Waals surface area contributed by atoms with Gasteiger partial charge < -0.3 is 11.1 Å². The average Bonchev–Trinajstić information content (AvgIpc) is 2.92. The lowest BCUT2D eigenvalue weighted by Gasteiger charge is -2.09. The molecule has 0 aliphatic rings. The number of benzene rings is 1. The lowest BCUT2D eigenvalue weighted by molar-refractivity contribution is -0.119. The third kappa shape index (κ3) is 4.72. The number of nitrogens with two attached hydrogens (primary N) is 1. The predicted octanol–water partition coefficient (Wildman–Crippen LogP) is 2.24. The van der Waals surface area contributed by atoms with E-state index in [4.69, 9.17) is 5.73 Å². The predicted molar refractivity (Wildman–Crippen MR) is 83.9 cm³/mol. The fourth-order valence-corrected chi connectivity index (χ4v) is 2.11. The summed E-state index contributed by atoms with van der Waals surface area (Å²) in [7, 11) is 0. The van der Waals surface area contributed by atoms with Crippen molar-refractivity contribution in [1.29, 1.82) is 0 Å². The van der Waals surface area contributed by atoms with Crippen molar-refractivity contribution >= 4 is 11.6 Å². The number of amides is 1. The lowest BCUT2D eigenvalue weighted by atomic mass is 10.1. The highest BCUT2D eigenvalue weighted by Gasteiger charge is 2.13. The molecule has 112 valence electrons. The highest BCUT2D eigenvalue weighted by molar-refractivity contribution is 5.91. The van der Waals surface area contributed by atoms with Crippen LogP contribution in [0, 0.1) is 5.92 Å². The van der Waals surface area contributed by atoms with Crippen LogP contribution >= 0.6 is 0 Å². The van der Waals surface area contributed by atoms with Crippen LogP contribution in [0.5, 0.6) is 0 Å². The summed E-state index contributed by atoms with van der Waals surface area (Å²) in [5.74, 6) is -0.0197. The Balaban J connectivity index is 1.89. The Labute approximate surface area is 125 Å². The number of aromatic nitrogens is 2. The third-order valence-electron chi connectivity index (χ3n) is 3.38. The molecule has 0 bridgehead atoms. The van der Waals surface area contributed by atoms with Crippen molar-refractivity contribution in [1.82, 2.24) is 9.78 Å². The topological polar surface area (TPSA) is 72.9 Å². The molecule has 0 aliphatic heterocycles. The molecule has 2 rings (SSSR count). The molecule has 1 aromatic heterocycles. The van der Waals surface area contributed by atoms with Crippen molar-refractivity contribution in [2.45, 2.75) is 26.3 Å². The molecule has 1 amide bonds. The molecule has 2 aromatic rings. The normalized spacial score (nSPS) is 12.1. The standard InChI is InChI=1S/C16H22N4O/c1-13(6-5-9-17)16(21)19-15-10-18-20(12-15)11-14-7-3-2-4-8-14/h2-4,7-8,10,12-13H,5-6,9,11,17H2,1H3,(H,19,21). The van der Waals surface area contributed by atoms with Gasteiger partial charge in [-0.2, -0.15) is 5.10 Å². The molecular formula is C16H22N4O. The van der Waals surface area contributed by atoms with Gasteiger partial charge in [0.1, 0.15) is 0 Å². The smallest absolute Gasteiger partial charge is 0.227 e. The summed E-state index contributed by atoms with van der Waals surface area (Å²) in [6, 6.07) is 10.1. The Morgan fingerprint density at radius 3 is 2.86 bits per heavy atom. The number of carbonyl (C=O) groups is 1. The molecule has 0 spiro atoms. The molecule has 1 aromatic carbocycles. The van der Waals surface area contributed by atoms with E-state index >= 15 is 0 Å². The molecule has 0 saturated carbocycles. The van der Waals surface area contributed by atoms with Crippen LogP contribution in [0.4, 0.5) is 5.69 Å². The fraction of sp³-hybridized carbons (Fsp3) is 0.375. The van der Waals surface area contributed by atoms with E-state index in [-0.39, 0.29) is 11.8 Å². The average molecular weight is 286 g/mol. The van der Waals surface area contributed by atoms with E-state index in [1.54, 1.807) is 6.20 Å². The van der Waals surface area contributed by atoms with Gasteiger partial charge in [0, 0.05) is 12.1 Å². The molecular weight excluding hydrogens is 264 g/mol. The van der Waals surface area contributed by atoms with Gasteiger partial charge in [0.05, 0.1) is 18.4 Å². The maximum Gasteiger partial charge on any atom is 0.227 e. The lowest BCUT2D eigenvalue weighted by Crippen LogP contribution is -2.20. The monoisotopic (exact) mass is 286 g/mol. The van der Waals surface area contributed by atoms with E-state index in [2.05, 4.69) is 22.5 Å². The molecule has 0 radical (unpaired) electrons. The molecule has 0 saturated heterocycles. The first-order chi connectivity index (χ1) is 10.2. The summed E-state index contributed by atoms with van der Waals surface area (Å²) >= 11 is 0. The minimum absolute atomic E-state index is 0.0164. The molecule has 1 atom stereocenters. The summed E-state index contributed by atoms with van der Waals surface area (Å²) in [6.45, 7) is 3.23. The van der Waals surface area contributed by atoms with E-state index in [1.807, 2.05) is 36.0 Å². The summed E-state index contributed by atoms with van der Waals surface area (Å²) < 4.78 is 1.81. The molecule has 5 nitrogen and oxygen atoms in total. The number of anilines is 1. The first-order valence-corrected chi connectivity index (χ1v) is 7.26. The summed E-state index contributed by atoms with van der Waals surface area (Å²) in [5.41, 5.74) is 7.37. The number of carbonyl (C=O) groups excluding carboxylic acids is 1. The second-order valence-electron chi connectivity index (χ2n) is 5.23. The highest BCUT2D eigenvalue weighted by atomic mass is 16.1. The molecule has 21 heavy (non-hydrogen) atoms. The van der Waals surface area contributed by atoms with Crippen molar-refractivity contribution in [2.75, 3.05) is 11.9 Å². The SMILES string of the molecule is CC(CCCN)C(=O)Nc1cnn(Cc2ccccc2)c1. The van der Waals surface area contributed by atoms with E-state index < -0.39 is 0 Å². The van der Waals surface area contributed by atoms with Gasteiger partial charge in [-0.25, -0.2) is 0 Å². The van der Waals surface area contributed by atoms with Crippen molar-refractivity contribution in [3.05, 3.63) is 48.3 Å². The second kappa shape index (κ2) is 7.59. The van der Waals surface area contributed by atoms with Crippen LogP contribution in [-0.2, 0) is 11.3 Å². The van der Waals surface area contributed by atoms with E-state index in [9.17, 15) is 4.79 Å². The van der Waals surface area contributed by atoms with Crippen molar-refractivity contribution < 1.29 is 4.79 Å². The van der Waals surface area contributed by atoms with Crippen LogP contribution in [-0.4, -0.2) is 22.2 Å². The number of nitrogens with zero attached hydrogens (tertiary/aromatic N) is 2. The van der Waals surface area contributed by atoms with E-state index in [1.165, 1.54) is 5.56 Å². The Bertz CT molecular complexity index is 565. The summed E-state index contributed by atoms with van der Waals surface area (Å²) in [6.07, 6.45) is 5.19. The third-order valence-corrected chi connectivity index (χ3v) is 3.38. The molecule has 1 unspecified atom stereocenters. The van der Waals surface area contributed by atoms with Crippen LogP contribution in [0.1, 0.15) is 25.3 Å². The van der Waals surface area contributed by atoms with Crippen molar-refractivity contribution in [3.63, 3.8) is 0 Å². The zero-order valence-corrected chi connectivity index (χ0v) is 12.3. The second-order valence-corrected chi connectivity index (χ2v) is 5.23. The molecule has 5 heteroatoms. The first kappa shape index (κ1) is 15.3. The Morgan fingerprint density at radius 2 is 2.14 bits per heavy atom. The van der Waals surface area contributed by atoms with Crippen LogP contribution < -0.4 is 11.1 Å². The minimum atomic E-state index is -0.0361. The number of nitrogens with one attached hydrogen (secondary N) is 1. The zero-order valence-electron chi connectivity index (χ0n) is 12.3. The maximum absolute atomic E-state index is 12.0. The number of hydrogen-bond acceptors (Lipinski definition) is 3. The van der Waals surface area contributed by atoms with Crippen LogP contribution in [0.3, 0.4) is 0 Å². The van der Waals surface area contributed by atoms with Crippen LogP contribution in [0.2, 0.25) is 0 Å². The molecule has 0 aliphatic carbocycles. The Kier molecular flexibility index (Phi) is 5.51. The largest absolute Gasteiger partial charge is 0.330 e. The van der Waals surface area contributed by atoms with E-state index in [0.29, 0.717) is 13.1 Å². The number of hydrogen-bond donors (Lipinski definition) is 2. The first-order valence-electron chi connectivity index (χ1n) is 7.26. The van der Waals surface area contributed by atoms with Gasteiger partial charge in [0.15, 0.2) is 0 Å². The Morgan fingerprint density at radius 1 is 1.38 bits per heavy atom. The fourth-order valence-electron chi connectivity index (χ4n) is 2.11. The van der Waals surface area contributed by atoms with Gasteiger partial charge in [0.2, 0.25) is 5.91 Å². The minimum Gasteiger partial charge on any atom is -0.330 e. The maximum atomic E-state index is 12.0. The quantitative estimate of drug-likeness (QED) is 0.820. The van der Waals surface area contributed by atoms with Crippen molar-refractivity contribution in [2.24, 2.45) is 11.7 Å². The van der Waals surface area contributed by atoms with Crippen molar-refractivity contribution in [3.8, 4) is 0 Å². The molecule has 1 heterocycles. The summed E-state index contributed by atoms with van der Waals surface area (Å²) in [5, 5.41) is 7.16. The molecule has 0 fully saturated rings. The van der Waals surface area contributed by atoms with Gasteiger partial charge in [-0.05, 0) is 24.9 Å². The van der Waals surface area contributed by atoms with E-state index in [0.717, 1.165) is 18.5 Å². The molecule has 3 N–H and O–H groups in total. The zero-order chi connectivity index (χ0) is 15.1. The van der Waals surface area contributed by atoms with Gasteiger partial charge in [-0.15, -0.1) is 0 Å².